The fraction of sp³-hybridized carbons (Fsp3) is 0. The maximum atomic E-state index is 4.16. The molecule has 2 heterocycles. The standard InChI is InChI=1S/C8H4IN3S/c9-13-5-3-7-6-10-8-2-1-4-11-12(7)8/h1-2,4,6H. The van der Waals surface area contributed by atoms with E-state index < -0.39 is 0 Å². The second kappa shape index (κ2) is 3.98. The van der Waals surface area contributed by atoms with Gasteiger partial charge in [0.1, 0.15) is 5.69 Å². The number of rotatable bonds is 0. The quantitative estimate of drug-likeness (QED) is 0.551. The second-order valence-electron chi connectivity index (χ2n) is 2.24. The van der Waals surface area contributed by atoms with Crippen molar-refractivity contribution >= 4 is 35.8 Å². The molecule has 0 aliphatic heterocycles. The molecular formula is C8H4IN3S. The topological polar surface area (TPSA) is 30.2 Å². The number of fused-ring (bicyclic) bond motifs is 1. The predicted molar refractivity (Wildman–Crippen MR) is 61.5 cm³/mol. The van der Waals surface area contributed by atoms with Crippen LogP contribution in [0.15, 0.2) is 24.5 Å². The molecule has 2 aromatic heterocycles. The maximum Gasteiger partial charge on any atom is 0.154 e. The molecular weight excluding hydrogens is 297 g/mol. The van der Waals surface area contributed by atoms with Crippen LogP contribution in [0.2, 0.25) is 0 Å². The highest BCUT2D eigenvalue weighted by atomic mass is 127. The van der Waals surface area contributed by atoms with E-state index in [1.165, 1.54) is 8.93 Å². The van der Waals surface area contributed by atoms with Crippen LogP contribution in [0.25, 0.3) is 5.65 Å². The molecule has 0 aliphatic carbocycles. The number of halogens is 1. The van der Waals surface area contributed by atoms with Crippen molar-refractivity contribution in [1.82, 2.24) is 14.6 Å². The summed E-state index contributed by atoms with van der Waals surface area (Å²) in [5, 5.41) is 7.03. The SMILES string of the molecule is ISC#Cc1cnc2cccnn12. The third kappa shape index (κ3) is 1.78. The number of hydrogen-bond acceptors (Lipinski definition) is 3. The first-order chi connectivity index (χ1) is 6.42. The molecule has 0 saturated carbocycles. The Labute approximate surface area is 91.5 Å². The van der Waals surface area contributed by atoms with Gasteiger partial charge in [0.25, 0.3) is 0 Å². The lowest BCUT2D eigenvalue weighted by molar-refractivity contribution is 0.923. The minimum atomic E-state index is 0.819. The van der Waals surface area contributed by atoms with Gasteiger partial charge in [0.2, 0.25) is 0 Å². The molecule has 2 aromatic rings. The predicted octanol–water partition coefficient (Wildman–Crippen LogP) is 2.12. The van der Waals surface area contributed by atoms with Crippen LogP contribution in [-0.4, -0.2) is 14.6 Å². The van der Waals surface area contributed by atoms with Crippen molar-refractivity contribution in [2.75, 3.05) is 0 Å². The van der Waals surface area contributed by atoms with Gasteiger partial charge in [-0.25, -0.2) is 9.50 Å². The van der Waals surface area contributed by atoms with Gasteiger partial charge in [-0.05, 0) is 32.2 Å². The molecule has 0 atom stereocenters. The van der Waals surface area contributed by atoms with Crippen LogP contribution < -0.4 is 0 Å². The fourth-order valence-corrected chi connectivity index (χ4v) is 1.46. The Morgan fingerprint density at radius 1 is 1.54 bits per heavy atom. The third-order valence-electron chi connectivity index (χ3n) is 1.50. The van der Waals surface area contributed by atoms with Crippen LogP contribution in [-0.2, 0) is 0 Å². The fourth-order valence-electron chi connectivity index (χ4n) is 0.986. The van der Waals surface area contributed by atoms with E-state index in [0.717, 1.165) is 11.3 Å². The first-order valence-corrected chi connectivity index (χ1v) is 6.85. The summed E-state index contributed by atoms with van der Waals surface area (Å²) in [5.74, 6) is 2.96. The molecule has 0 N–H and O–H groups in total. The summed E-state index contributed by atoms with van der Waals surface area (Å²) in [6, 6.07) is 3.75. The minimum absolute atomic E-state index is 0.819. The van der Waals surface area contributed by atoms with Crippen LogP contribution in [0.1, 0.15) is 5.69 Å². The van der Waals surface area contributed by atoms with Gasteiger partial charge < -0.3 is 0 Å². The molecule has 0 spiro atoms. The highest BCUT2D eigenvalue weighted by molar-refractivity contribution is 14.2. The maximum absolute atomic E-state index is 4.16. The summed E-state index contributed by atoms with van der Waals surface area (Å²) in [7, 11) is 1.45. The lowest BCUT2D eigenvalue weighted by Gasteiger charge is -1.90. The van der Waals surface area contributed by atoms with Crippen molar-refractivity contribution in [3.63, 3.8) is 0 Å². The molecule has 0 amide bonds. The molecule has 0 aromatic carbocycles. The normalized spacial score (nSPS) is 9.62. The molecule has 2 rings (SSSR count). The Bertz CT molecular complexity index is 483. The van der Waals surface area contributed by atoms with E-state index in [2.05, 4.69) is 42.5 Å². The van der Waals surface area contributed by atoms with E-state index in [1.54, 1.807) is 16.9 Å². The van der Waals surface area contributed by atoms with Gasteiger partial charge in [-0.2, -0.15) is 5.10 Å². The number of imidazole rings is 1. The van der Waals surface area contributed by atoms with E-state index in [9.17, 15) is 0 Å². The van der Waals surface area contributed by atoms with E-state index in [0.29, 0.717) is 0 Å². The lowest BCUT2D eigenvalue weighted by Crippen LogP contribution is -1.91. The molecule has 0 radical (unpaired) electrons. The summed E-state index contributed by atoms with van der Waals surface area (Å²) in [4.78, 5) is 4.16. The van der Waals surface area contributed by atoms with Gasteiger partial charge in [0, 0.05) is 27.4 Å². The van der Waals surface area contributed by atoms with E-state index >= 15 is 0 Å². The average molecular weight is 301 g/mol. The summed E-state index contributed by atoms with van der Waals surface area (Å²) in [5.41, 5.74) is 1.64. The number of aromatic nitrogens is 3. The lowest BCUT2D eigenvalue weighted by atomic mass is 10.5. The van der Waals surface area contributed by atoms with E-state index in [1.807, 2.05) is 12.1 Å². The molecule has 0 fully saturated rings. The average Bonchev–Trinajstić information content (AvgIpc) is 2.58. The second-order valence-corrected chi connectivity index (χ2v) is 3.92. The first kappa shape index (κ1) is 8.84. The Hall–Kier alpha value is -0.740. The van der Waals surface area contributed by atoms with Crippen molar-refractivity contribution in [3.8, 4) is 11.2 Å². The zero-order valence-electron chi connectivity index (χ0n) is 6.44. The summed E-state index contributed by atoms with van der Waals surface area (Å²) in [6.45, 7) is 0. The minimum Gasteiger partial charge on any atom is -0.234 e. The van der Waals surface area contributed by atoms with E-state index in [4.69, 9.17) is 0 Å². The third-order valence-corrected chi connectivity index (χ3v) is 2.34. The molecule has 0 unspecified atom stereocenters. The molecule has 0 saturated heterocycles. The van der Waals surface area contributed by atoms with Gasteiger partial charge in [-0.3, -0.25) is 0 Å². The zero-order chi connectivity index (χ0) is 9.10. The van der Waals surface area contributed by atoms with E-state index in [-0.39, 0.29) is 0 Å². The molecule has 0 bridgehead atoms. The van der Waals surface area contributed by atoms with Crippen molar-refractivity contribution < 1.29 is 0 Å². The Kier molecular flexibility index (Phi) is 2.71. The van der Waals surface area contributed by atoms with Gasteiger partial charge in [-0.1, -0.05) is 0 Å². The highest BCUT2D eigenvalue weighted by Crippen LogP contribution is 2.08. The van der Waals surface area contributed by atoms with Crippen LogP contribution in [0.5, 0.6) is 0 Å². The molecule has 5 heteroatoms. The Morgan fingerprint density at radius 3 is 3.31 bits per heavy atom. The largest absolute Gasteiger partial charge is 0.234 e. The van der Waals surface area contributed by atoms with Gasteiger partial charge >= 0.3 is 0 Å². The smallest absolute Gasteiger partial charge is 0.154 e. The van der Waals surface area contributed by atoms with Crippen molar-refractivity contribution in [1.29, 1.82) is 0 Å². The van der Waals surface area contributed by atoms with Crippen LogP contribution >= 0.6 is 30.1 Å². The van der Waals surface area contributed by atoms with Crippen LogP contribution in [0.4, 0.5) is 0 Å². The van der Waals surface area contributed by atoms with Crippen molar-refractivity contribution in [2.45, 2.75) is 0 Å². The van der Waals surface area contributed by atoms with Gasteiger partial charge in [0.15, 0.2) is 5.65 Å². The first-order valence-electron chi connectivity index (χ1n) is 3.49. The monoisotopic (exact) mass is 301 g/mol. The Balaban J connectivity index is 2.58. The molecule has 0 aliphatic rings. The molecule has 64 valence electrons. The molecule has 13 heavy (non-hydrogen) atoms. The van der Waals surface area contributed by atoms with Gasteiger partial charge in [0.05, 0.1) is 6.20 Å². The van der Waals surface area contributed by atoms with Crippen molar-refractivity contribution in [2.24, 2.45) is 0 Å². The summed E-state index contributed by atoms with van der Waals surface area (Å²) >= 11 is 2.13. The van der Waals surface area contributed by atoms with Crippen LogP contribution in [0.3, 0.4) is 0 Å². The Morgan fingerprint density at radius 2 is 2.46 bits per heavy atom. The van der Waals surface area contributed by atoms with Crippen molar-refractivity contribution in [3.05, 3.63) is 30.2 Å². The molecule has 3 nitrogen and oxygen atoms in total. The zero-order valence-corrected chi connectivity index (χ0v) is 9.41. The summed E-state index contributed by atoms with van der Waals surface area (Å²) in [6.07, 6.45) is 3.44. The number of nitrogens with zero attached hydrogens (tertiary/aromatic N) is 3. The summed E-state index contributed by atoms with van der Waals surface area (Å²) < 4.78 is 1.72. The highest BCUT2D eigenvalue weighted by Gasteiger charge is 1.98. The van der Waals surface area contributed by atoms with Gasteiger partial charge in [-0.15, -0.1) is 0 Å². The number of hydrogen-bond donors (Lipinski definition) is 0. The van der Waals surface area contributed by atoms with Crippen LogP contribution in [0, 0.1) is 11.2 Å².